The SMILES string of the molecule is N#Cc1cc2ccccc2cc1-c1ccc2cc(N(c3ccc4ocnc4c3)c3ccc4ocnc4c3)ccc2c1. The minimum absolute atomic E-state index is 0.664. The summed E-state index contributed by atoms with van der Waals surface area (Å²) < 4.78 is 11.0. The molecule has 41 heavy (non-hydrogen) atoms. The fourth-order valence-corrected chi connectivity index (χ4v) is 5.53. The third kappa shape index (κ3) is 3.88. The van der Waals surface area contributed by atoms with Crippen LogP contribution in [0.25, 0.3) is 54.9 Å². The second-order valence-corrected chi connectivity index (χ2v) is 9.95. The molecule has 0 spiro atoms. The van der Waals surface area contributed by atoms with Crippen LogP contribution in [0.15, 0.2) is 131 Å². The van der Waals surface area contributed by atoms with E-state index in [4.69, 9.17) is 8.83 Å². The molecule has 6 nitrogen and oxygen atoms in total. The lowest BCUT2D eigenvalue weighted by molar-refractivity contribution is 0.602. The minimum atomic E-state index is 0.664. The molecule has 6 aromatic carbocycles. The second-order valence-electron chi connectivity index (χ2n) is 9.95. The van der Waals surface area contributed by atoms with Gasteiger partial charge in [0.2, 0.25) is 0 Å². The van der Waals surface area contributed by atoms with Crippen molar-refractivity contribution >= 4 is 60.8 Å². The number of rotatable bonds is 4. The molecule has 6 heteroatoms. The molecule has 8 rings (SSSR count). The van der Waals surface area contributed by atoms with E-state index in [1.807, 2.05) is 60.7 Å². The number of anilines is 3. The van der Waals surface area contributed by atoms with Gasteiger partial charge in [0.05, 0.1) is 11.6 Å². The van der Waals surface area contributed by atoms with Gasteiger partial charge in [0.1, 0.15) is 11.0 Å². The number of nitriles is 1. The predicted octanol–water partition coefficient (Wildman–Crippen LogP) is 9.28. The summed E-state index contributed by atoms with van der Waals surface area (Å²) in [4.78, 5) is 10.9. The standard InChI is InChI=1S/C35H20N4O2/c36-19-27-14-22-3-1-2-4-23(22)16-31(27)26-6-5-25-15-28(8-7-24(25)13-26)39(29-9-11-34-32(17-29)37-20-40-34)30-10-12-35-33(18-30)38-21-41-35/h1-18,20-21H. The van der Waals surface area contributed by atoms with Crippen molar-refractivity contribution in [1.82, 2.24) is 9.97 Å². The van der Waals surface area contributed by atoms with Gasteiger partial charge in [-0.15, -0.1) is 0 Å². The average Bonchev–Trinajstić information content (AvgIpc) is 3.69. The highest BCUT2D eigenvalue weighted by atomic mass is 16.3. The Morgan fingerprint density at radius 1 is 0.561 bits per heavy atom. The van der Waals surface area contributed by atoms with Gasteiger partial charge in [0.15, 0.2) is 24.0 Å². The molecule has 0 atom stereocenters. The van der Waals surface area contributed by atoms with Crippen LogP contribution in [0.1, 0.15) is 5.56 Å². The van der Waals surface area contributed by atoms with Gasteiger partial charge in [-0.1, -0.05) is 42.5 Å². The summed E-state index contributed by atoms with van der Waals surface area (Å²) in [6.45, 7) is 0. The molecule has 0 bridgehead atoms. The molecule has 8 aromatic rings. The van der Waals surface area contributed by atoms with Crippen molar-refractivity contribution in [3.8, 4) is 17.2 Å². The monoisotopic (exact) mass is 528 g/mol. The zero-order chi connectivity index (χ0) is 27.3. The number of fused-ring (bicyclic) bond motifs is 4. The Bertz CT molecular complexity index is 2230. The van der Waals surface area contributed by atoms with Crippen molar-refractivity contribution in [2.45, 2.75) is 0 Å². The third-order valence-corrected chi connectivity index (χ3v) is 7.54. The maximum absolute atomic E-state index is 9.89. The van der Waals surface area contributed by atoms with E-state index in [9.17, 15) is 5.26 Å². The van der Waals surface area contributed by atoms with Gasteiger partial charge in [-0.2, -0.15) is 5.26 Å². The number of hydrogen-bond donors (Lipinski definition) is 0. The van der Waals surface area contributed by atoms with Gasteiger partial charge in [-0.05, 0) is 93.8 Å². The van der Waals surface area contributed by atoms with Gasteiger partial charge >= 0.3 is 0 Å². The number of hydrogen-bond acceptors (Lipinski definition) is 6. The van der Waals surface area contributed by atoms with Crippen molar-refractivity contribution in [1.29, 1.82) is 5.26 Å². The largest absolute Gasteiger partial charge is 0.443 e. The van der Waals surface area contributed by atoms with Crippen LogP contribution in [0, 0.1) is 11.3 Å². The summed E-state index contributed by atoms with van der Waals surface area (Å²) in [6.07, 6.45) is 2.92. The molecule has 0 radical (unpaired) electrons. The molecule has 0 aliphatic rings. The molecular formula is C35H20N4O2. The highest BCUT2D eigenvalue weighted by Crippen LogP contribution is 2.39. The van der Waals surface area contributed by atoms with E-state index < -0.39 is 0 Å². The first-order valence-corrected chi connectivity index (χ1v) is 13.2. The molecule has 0 N–H and O–H groups in total. The maximum atomic E-state index is 9.89. The normalized spacial score (nSPS) is 11.4. The minimum Gasteiger partial charge on any atom is -0.443 e. The van der Waals surface area contributed by atoms with Gasteiger partial charge in [-0.3, -0.25) is 0 Å². The van der Waals surface area contributed by atoms with Crippen LogP contribution in [0.4, 0.5) is 17.1 Å². The van der Waals surface area contributed by atoms with Crippen molar-refractivity contribution in [2.75, 3.05) is 4.90 Å². The molecule has 192 valence electrons. The Morgan fingerprint density at radius 3 is 1.80 bits per heavy atom. The Balaban J connectivity index is 1.26. The molecule has 0 amide bonds. The molecule has 0 fully saturated rings. The van der Waals surface area contributed by atoms with Crippen LogP contribution in [0.5, 0.6) is 0 Å². The van der Waals surface area contributed by atoms with Gasteiger partial charge in [0, 0.05) is 22.6 Å². The van der Waals surface area contributed by atoms with Crippen molar-refractivity contribution in [3.05, 3.63) is 128 Å². The van der Waals surface area contributed by atoms with Crippen LogP contribution in [0.2, 0.25) is 0 Å². The topological polar surface area (TPSA) is 79.1 Å². The maximum Gasteiger partial charge on any atom is 0.181 e. The quantitative estimate of drug-likeness (QED) is 0.226. The van der Waals surface area contributed by atoms with Crippen molar-refractivity contribution < 1.29 is 8.83 Å². The summed E-state index contributed by atoms with van der Waals surface area (Å²) in [5, 5.41) is 14.2. The zero-order valence-electron chi connectivity index (χ0n) is 21.7. The van der Waals surface area contributed by atoms with Crippen LogP contribution < -0.4 is 4.90 Å². The number of nitrogens with zero attached hydrogens (tertiary/aromatic N) is 4. The van der Waals surface area contributed by atoms with Crippen LogP contribution in [0.3, 0.4) is 0 Å². The molecule has 0 unspecified atom stereocenters. The molecule has 0 saturated heterocycles. The van der Waals surface area contributed by atoms with E-state index in [-0.39, 0.29) is 0 Å². The smallest absolute Gasteiger partial charge is 0.181 e. The molecule has 0 aliphatic heterocycles. The Kier molecular flexibility index (Phi) is 5.09. The first-order valence-electron chi connectivity index (χ1n) is 13.2. The van der Waals surface area contributed by atoms with Crippen molar-refractivity contribution in [3.63, 3.8) is 0 Å². The summed E-state index contributed by atoms with van der Waals surface area (Å²) in [6, 6.07) is 39.3. The molecule has 0 aliphatic carbocycles. The van der Waals surface area contributed by atoms with E-state index >= 15 is 0 Å². The molecule has 2 aromatic heterocycles. The van der Waals surface area contributed by atoms with E-state index in [2.05, 4.69) is 69.5 Å². The fourth-order valence-electron chi connectivity index (χ4n) is 5.53. The lowest BCUT2D eigenvalue weighted by atomic mass is 9.94. The summed E-state index contributed by atoms with van der Waals surface area (Å²) in [7, 11) is 0. The lowest BCUT2D eigenvalue weighted by Crippen LogP contribution is -2.09. The van der Waals surface area contributed by atoms with Crippen LogP contribution in [-0.4, -0.2) is 9.97 Å². The van der Waals surface area contributed by atoms with Gasteiger partial charge in [-0.25, -0.2) is 9.97 Å². The van der Waals surface area contributed by atoms with Gasteiger partial charge < -0.3 is 13.7 Å². The Labute approximate surface area is 234 Å². The van der Waals surface area contributed by atoms with E-state index in [1.165, 1.54) is 12.8 Å². The summed E-state index contributed by atoms with van der Waals surface area (Å²) in [5.41, 5.74) is 8.51. The highest BCUT2D eigenvalue weighted by molar-refractivity contribution is 5.96. The second kappa shape index (κ2) is 9.08. The highest BCUT2D eigenvalue weighted by Gasteiger charge is 2.16. The van der Waals surface area contributed by atoms with E-state index in [0.29, 0.717) is 5.56 Å². The predicted molar refractivity (Wildman–Crippen MR) is 161 cm³/mol. The molecule has 2 heterocycles. The molecular weight excluding hydrogens is 508 g/mol. The molecule has 0 saturated carbocycles. The van der Waals surface area contributed by atoms with E-state index in [0.717, 1.165) is 71.9 Å². The summed E-state index contributed by atoms with van der Waals surface area (Å²) >= 11 is 0. The first kappa shape index (κ1) is 23.0. The van der Waals surface area contributed by atoms with Crippen LogP contribution in [-0.2, 0) is 0 Å². The van der Waals surface area contributed by atoms with Gasteiger partial charge in [0.25, 0.3) is 0 Å². The van der Waals surface area contributed by atoms with Crippen LogP contribution >= 0.6 is 0 Å². The Morgan fingerprint density at radius 2 is 1.12 bits per heavy atom. The number of benzene rings is 6. The zero-order valence-corrected chi connectivity index (χ0v) is 21.7. The fraction of sp³-hybridized carbons (Fsp3) is 0. The Hall–Kier alpha value is -5.93. The lowest BCUT2D eigenvalue weighted by Gasteiger charge is -2.25. The number of oxazole rings is 2. The van der Waals surface area contributed by atoms with E-state index in [1.54, 1.807) is 0 Å². The average molecular weight is 529 g/mol. The summed E-state index contributed by atoms with van der Waals surface area (Å²) in [5.74, 6) is 0. The third-order valence-electron chi connectivity index (χ3n) is 7.54. The first-order chi connectivity index (χ1) is 20.2. The van der Waals surface area contributed by atoms with Crippen molar-refractivity contribution in [2.24, 2.45) is 0 Å². The number of aromatic nitrogens is 2.